The third-order valence-corrected chi connectivity index (χ3v) is 3.90. The molecule has 18 heavy (non-hydrogen) atoms. The third kappa shape index (κ3) is 6.19. The van der Waals surface area contributed by atoms with E-state index in [-0.39, 0.29) is 0 Å². The Hall–Kier alpha value is -0.0800. The van der Waals surface area contributed by atoms with Gasteiger partial charge in [-0.1, -0.05) is 34.6 Å². The zero-order chi connectivity index (χ0) is 13.5. The number of hydrogen-bond acceptors (Lipinski definition) is 2. The third-order valence-electron chi connectivity index (χ3n) is 3.90. The molecule has 0 bridgehead atoms. The van der Waals surface area contributed by atoms with Crippen LogP contribution in [0.3, 0.4) is 0 Å². The van der Waals surface area contributed by atoms with Crippen molar-refractivity contribution >= 4 is 0 Å². The Kier molecular flexibility index (Phi) is 7.25. The van der Waals surface area contributed by atoms with Crippen LogP contribution in [-0.2, 0) is 4.74 Å². The summed E-state index contributed by atoms with van der Waals surface area (Å²) >= 11 is 0. The first kappa shape index (κ1) is 16.0. The Balaban J connectivity index is 2.28. The highest BCUT2D eigenvalue weighted by Gasteiger charge is 2.26. The molecule has 3 unspecified atom stereocenters. The SMILES string of the molecule is CCC(CNCC(C)C)OC1CC(C)CC(C)C1. The summed E-state index contributed by atoms with van der Waals surface area (Å²) in [6.45, 7) is 13.6. The summed E-state index contributed by atoms with van der Waals surface area (Å²) in [4.78, 5) is 0. The van der Waals surface area contributed by atoms with Gasteiger partial charge in [0.05, 0.1) is 12.2 Å². The van der Waals surface area contributed by atoms with Gasteiger partial charge in [0, 0.05) is 6.54 Å². The maximum Gasteiger partial charge on any atom is 0.0700 e. The largest absolute Gasteiger partial charge is 0.374 e. The summed E-state index contributed by atoms with van der Waals surface area (Å²) in [5.41, 5.74) is 0. The molecule has 0 amide bonds. The molecule has 0 spiro atoms. The first-order valence-corrected chi connectivity index (χ1v) is 7.87. The van der Waals surface area contributed by atoms with Crippen LogP contribution in [0.1, 0.15) is 60.3 Å². The van der Waals surface area contributed by atoms with Crippen molar-refractivity contribution in [1.29, 1.82) is 0 Å². The quantitative estimate of drug-likeness (QED) is 0.746. The molecule has 2 nitrogen and oxygen atoms in total. The van der Waals surface area contributed by atoms with Crippen molar-refractivity contribution in [3.05, 3.63) is 0 Å². The zero-order valence-electron chi connectivity index (χ0n) is 13.0. The summed E-state index contributed by atoms with van der Waals surface area (Å²) in [7, 11) is 0. The van der Waals surface area contributed by atoms with E-state index in [1.165, 1.54) is 19.3 Å². The summed E-state index contributed by atoms with van der Waals surface area (Å²) in [5.74, 6) is 2.39. The molecule has 1 fully saturated rings. The molecule has 3 atom stereocenters. The predicted octanol–water partition coefficient (Wildman–Crippen LogP) is 3.85. The highest BCUT2D eigenvalue weighted by atomic mass is 16.5. The average Bonchev–Trinajstić information content (AvgIpc) is 2.25. The number of ether oxygens (including phenoxy) is 1. The topological polar surface area (TPSA) is 21.3 Å². The van der Waals surface area contributed by atoms with Crippen molar-refractivity contribution in [2.75, 3.05) is 13.1 Å². The molecule has 1 saturated carbocycles. The second kappa shape index (κ2) is 8.16. The fourth-order valence-corrected chi connectivity index (χ4v) is 3.08. The van der Waals surface area contributed by atoms with Crippen LogP contribution in [0.4, 0.5) is 0 Å². The fraction of sp³-hybridized carbons (Fsp3) is 1.00. The second-order valence-corrected chi connectivity index (χ2v) is 6.76. The van der Waals surface area contributed by atoms with Crippen molar-refractivity contribution in [3.63, 3.8) is 0 Å². The lowest BCUT2D eigenvalue weighted by Crippen LogP contribution is -2.36. The minimum Gasteiger partial charge on any atom is -0.374 e. The van der Waals surface area contributed by atoms with Gasteiger partial charge in [0.1, 0.15) is 0 Å². The van der Waals surface area contributed by atoms with Crippen molar-refractivity contribution in [3.8, 4) is 0 Å². The molecular weight excluding hydrogens is 222 g/mol. The highest BCUT2D eigenvalue weighted by Crippen LogP contribution is 2.31. The predicted molar refractivity (Wildman–Crippen MR) is 78.8 cm³/mol. The monoisotopic (exact) mass is 255 g/mol. The molecule has 0 saturated heterocycles. The molecule has 0 aliphatic heterocycles. The number of rotatable bonds is 7. The van der Waals surface area contributed by atoms with Gasteiger partial charge in [0.25, 0.3) is 0 Å². The average molecular weight is 255 g/mol. The van der Waals surface area contributed by atoms with Crippen molar-refractivity contribution in [2.45, 2.75) is 72.5 Å². The summed E-state index contributed by atoms with van der Waals surface area (Å²) in [5, 5.41) is 3.52. The van der Waals surface area contributed by atoms with Crippen LogP contribution in [-0.4, -0.2) is 25.3 Å². The van der Waals surface area contributed by atoms with Gasteiger partial charge in [0.2, 0.25) is 0 Å². The Labute approximate surface area is 114 Å². The van der Waals surface area contributed by atoms with Gasteiger partial charge in [-0.25, -0.2) is 0 Å². The van der Waals surface area contributed by atoms with Gasteiger partial charge in [-0.15, -0.1) is 0 Å². The van der Waals surface area contributed by atoms with Crippen LogP contribution < -0.4 is 5.32 Å². The van der Waals surface area contributed by atoms with Gasteiger partial charge in [-0.05, 0) is 50.0 Å². The summed E-state index contributed by atoms with van der Waals surface area (Å²) < 4.78 is 6.30. The van der Waals surface area contributed by atoms with Crippen LogP contribution in [0.25, 0.3) is 0 Å². The molecule has 0 radical (unpaired) electrons. The molecule has 1 aliphatic carbocycles. The lowest BCUT2D eigenvalue weighted by atomic mass is 9.81. The highest BCUT2D eigenvalue weighted by molar-refractivity contribution is 4.77. The Morgan fingerprint density at radius 2 is 1.67 bits per heavy atom. The molecule has 0 heterocycles. The molecule has 108 valence electrons. The molecule has 1 N–H and O–H groups in total. The Morgan fingerprint density at radius 3 is 2.17 bits per heavy atom. The maximum atomic E-state index is 6.30. The van der Waals surface area contributed by atoms with E-state index >= 15 is 0 Å². The van der Waals surface area contributed by atoms with E-state index in [1.54, 1.807) is 0 Å². The van der Waals surface area contributed by atoms with E-state index in [0.717, 1.165) is 37.3 Å². The summed E-state index contributed by atoms with van der Waals surface area (Å²) in [6.07, 6.45) is 5.89. The number of nitrogens with one attached hydrogen (secondary N) is 1. The van der Waals surface area contributed by atoms with E-state index in [0.29, 0.717) is 12.2 Å². The van der Waals surface area contributed by atoms with Gasteiger partial charge in [-0.3, -0.25) is 0 Å². The molecular formula is C16H33NO. The van der Waals surface area contributed by atoms with Gasteiger partial charge < -0.3 is 10.1 Å². The van der Waals surface area contributed by atoms with Crippen molar-refractivity contribution < 1.29 is 4.74 Å². The van der Waals surface area contributed by atoms with Crippen molar-refractivity contribution in [2.24, 2.45) is 17.8 Å². The Bertz CT molecular complexity index is 207. The van der Waals surface area contributed by atoms with Crippen LogP contribution in [0.2, 0.25) is 0 Å². The van der Waals surface area contributed by atoms with Gasteiger partial charge >= 0.3 is 0 Å². The van der Waals surface area contributed by atoms with Crippen LogP contribution in [0, 0.1) is 17.8 Å². The summed E-state index contributed by atoms with van der Waals surface area (Å²) in [6, 6.07) is 0. The molecule has 2 heteroatoms. The van der Waals surface area contributed by atoms with E-state index < -0.39 is 0 Å². The molecule has 0 aromatic carbocycles. The van der Waals surface area contributed by atoms with Crippen LogP contribution in [0.5, 0.6) is 0 Å². The minimum atomic E-state index is 0.395. The molecule has 0 aromatic heterocycles. The lowest BCUT2D eigenvalue weighted by molar-refractivity contribution is -0.0491. The lowest BCUT2D eigenvalue weighted by Gasteiger charge is -2.34. The molecule has 0 aromatic rings. The van der Waals surface area contributed by atoms with Gasteiger partial charge in [-0.2, -0.15) is 0 Å². The van der Waals surface area contributed by atoms with E-state index in [1.807, 2.05) is 0 Å². The van der Waals surface area contributed by atoms with E-state index in [2.05, 4.69) is 39.9 Å². The van der Waals surface area contributed by atoms with Gasteiger partial charge in [0.15, 0.2) is 0 Å². The van der Waals surface area contributed by atoms with Crippen molar-refractivity contribution in [1.82, 2.24) is 5.32 Å². The Morgan fingerprint density at radius 1 is 1.06 bits per heavy atom. The minimum absolute atomic E-state index is 0.395. The smallest absolute Gasteiger partial charge is 0.0700 e. The first-order chi connectivity index (χ1) is 8.51. The normalized spacial score (nSPS) is 30.7. The van der Waals surface area contributed by atoms with Crippen LogP contribution >= 0.6 is 0 Å². The maximum absolute atomic E-state index is 6.30. The number of hydrogen-bond donors (Lipinski definition) is 1. The standard InChI is InChI=1S/C16H33NO/c1-6-15(11-17-10-12(2)3)18-16-8-13(4)7-14(5)9-16/h12-17H,6-11H2,1-5H3. The van der Waals surface area contributed by atoms with E-state index in [9.17, 15) is 0 Å². The van der Waals surface area contributed by atoms with Crippen LogP contribution in [0.15, 0.2) is 0 Å². The second-order valence-electron chi connectivity index (χ2n) is 6.76. The van der Waals surface area contributed by atoms with E-state index in [4.69, 9.17) is 4.74 Å². The fourth-order valence-electron chi connectivity index (χ4n) is 3.08. The first-order valence-electron chi connectivity index (χ1n) is 7.87. The molecule has 1 rings (SSSR count). The zero-order valence-corrected chi connectivity index (χ0v) is 13.0. The molecule has 1 aliphatic rings.